The molecule has 104 valence electrons. The number of hydrogen-bond donors (Lipinski definition) is 1. The summed E-state index contributed by atoms with van der Waals surface area (Å²) in [5, 5.41) is 0. The third-order valence-electron chi connectivity index (χ3n) is 3.11. The number of imidazole rings is 1. The molecule has 2 rings (SSSR count). The van der Waals surface area contributed by atoms with Gasteiger partial charge in [0.15, 0.2) is 0 Å². The van der Waals surface area contributed by atoms with Gasteiger partial charge in [-0.1, -0.05) is 0 Å². The minimum Gasteiger partial charge on any atom is -0.443 e. The molecule has 1 aliphatic carbocycles. The van der Waals surface area contributed by atoms with E-state index in [1.54, 1.807) is 0 Å². The fourth-order valence-corrected chi connectivity index (χ4v) is 2.20. The maximum Gasteiger partial charge on any atom is 0.420 e. The van der Waals surface area contributed by atoms with Crippen LogP contribution in [0.3, 0.4) is 0 Å². The summed E-state index contributed by atoms with van der Waals surface area (Å²) in [6.07, 6.45) is 2.79. The van der Waals surface area contributed by atoms with Crippen molar-refractivity contribution < 1.29 is 14.3 Å². The normalized spacial score (nSPS) is 18.8. The molecule has 0 radical (unpaired) electrons. The Kier molecular flexibility index (Phi) is 3.34. The van der Waals surface area contributed by atoms with Crippen LogP contribution in [0.15, 0.2) is 6.33 Å². The number of ether oxygens (including phenoxy) is 1. The van der Waals surface area contributed by atoms with Crippen LogP contribution in [0.4, 0.5) is 4.79 Å². The zero-order chi connectivity index (χ0) is 14.2. The van der Waals surface area contributed by atoms with Gasteiger partial charge in [0, 0.05) is 12.3 Å². The van der Waals surface area contributed by atoms with E-state index < -0.39 is 11.7 Å². The fourth-order valence-electron chi connectivity index (χ4n) is 2.20. The molecule has 1 amide bonds. The Hall–Kier alpha value is -1.85. The molecular formula is C13H19N3O3. The van der Waals surface area contributed by atoms with Crippen molar-refractivity contribution in [2.45, 2.75) is 45.6 Å². The van der Waals surface area contributed by atoms with E-state index in [0.29, 0.717) is 19.3 Å². The molecule has 2 N–H and O–H groups in total. The van der Waals surface area contributed by atoms with Gasteiger partial charge in [-0.25, -0.2) is 14.3 Å². The summed E-state index contributed by atoms with van der Waals surface area (Å²) in [5.41, 5.74) is 6.36. The molecule has 1 heterocycles. The van der Waals surface area contributed by atoms with Gasteiger partial charge in [-0.2, -0.15) is 0 Å². The molecule has 1 aromatic rings. The van der Waals surface area contributed by atoms with Crippen molar-refractivity contribution in [1.82, 2.24) is 9.55 Å². The number of nitrogens with two attached hydrogens (primary N) is 1. The summed E-state index contributed by atoms with van der Waals surface area (Å²) in [4.78, 5) is 27.4. The molecule has 0 aromatic carbocycles. The van der Waals surface area contributed by atoms with Gasteiger partial charge >= 0.3 is 6.09 Å². The van der Waals surface area contributed by atoms with Crippen molar-refractivity contribution in [3.05, 3.63) is 17.7 Å². The Balaban J connectivity index is 2.19. The van der Waals surface area contributed by atoms with E-state index in [9.17, 15) is 9.59 Å². The molecule has 0 spiro atoms. The van der Waals surface area contributed by atoms with Crippen LogP contribution in [0.25, 0.3) is 0 Å². The van der Waals surface area contributed by atoms with E-state index in [4.69, 9.17) is 10.5 Å². The number of hydrogen-bond acceptors (Lipinski definition) is 4. The zero-order valence-corrected chi connectivity index (χ0v) is 11.5. The van der Waals surface area contributed by atoms with Crippen molar-refractivity contribution in [3.8, 4) is 0 Å². The highest BCUT2D eigenvalue weighted by molar-refractivity contribution is 5.77. The zero-order valence-electron chi connectivity index (χ0n) is 11.5. The van der Waals surface area contributed by atoms with Gasteiger partial charge < -0.3 is 10.5 Å². The predicted octanol–water partition coefficient (Wildman–Crippen LogP) is 1.26. The Morgan fingerprint density at radius 3 is 2.74 bits per heavy atom. The summed E-state index contributed by atoms with van der Waals surface area (Å²) < 4.78 is 6.74. The van der Waals surface area contributed by atoms with Crippen LogP contribution >= 0.6 is 0 Å². The molecule has 0 fully saturated rings. The topological polar surface area (TPSA) is 87.2 Å². The standard InChI is InChI=1S/C13H19N3O3/c1-13(2,3)19-12(18)16-7-15-9-6-8(11(14)17)4-5-10(9)16/h7-8H,4-6H2,1-3H3,(H2,14,17). The summed E-state index contributed by atoms with van der Waals surface area (Å²) in [5.74, 6) is -0.494. The second kappa shape index (κ2) is 4.68. The van der Waals surface area contributed by atoms with E-state index in [-0.39, 0.29) is 11.8 Å². The van der Waals surface area contributed by atoms with E-state index in [2.05, 4.69) is 4.98 Å². The smallest absolute Gasteiger partial charge is 0.420 e. The number of amides is 1. The lowest BCUT2D eigenvalue weighted by Crippen LogP contribution is -2.31. The second-order valence-corrected chi connectivity index (χ2v) is 5.83. The summed E-state index contributed by atoms with van der Waals surface area (Å²) >= 11 is 0. The van der Waals surface area contributed by atoms with E-state index >= 15 is 0 Å². The first-order chi connectivity index (χ1) is 8.78. The molecule has 19 heavy (non-hydrogen) atoms. The minimum atomic E-state index is -0.543. The first-order valence-corrected chi connectivity index (χ1v) is 6.35. The number of carbonyl (C=O) groups is 2. The molecule has 6 heteroatoms. The molecule has 0 bridgehead atoms. The first-order valence-electron chi connectivity index (χ1n) is 6.35. The second-order valence-electron chi connectivity index (χ2n) is 5.83. The maximum absolute atomic E-state index is 12.0. The van der Waals surface area contributed by atoms with Crippen molar-refractivity contribution in [2.75, 3.05) is 0 Å². The first kappa shape index (κ1) is 13.6. The van der Waals surface area contributed by atoms with Crippen LogP contribution in [0.1, 0.15) is 38.6 Å². The Labute approximate surface area is 111 Å². The van der Waals surface area contributed by atoms with Crippen molar-refractivity contribution in [1.29, 1.82) is 0 Å². The molecule has 0 saturated carbocycles. The van der Waals surface area contributed by atoms with E-state index in [1.165, 1.54) is 10.9 Å². The van der Waals surface area contributed by atoms with Crippen LogP contribution in [0.2, 0.25) is 0 Å². The Bertz CT molecular complexity index is 514. The third-order valence-corrected chi connectivity index (χ3v) is 3.11. The lowest BCUT2D eigenvalue weighted by atomic mass is 9.89. The molecule has 6 nitrogen and oxygen atoms in total. The number of aromatic nitrogens is 2. The van der Waals surface area contributed by atoms with Gasteiger partial charge in [-0.05, 0) is 33.6 Å². The third kappa shape index (κ3) is 2.94. The SMILES string of the molecule is CC(C)(C)OC(=O)n1cnc2c1CCC(C(N)=O)C2. The molecule has 1 unspecified atom stereocenters. The monoisotopic (exact) mass is 265 g/mol. The molecule has 1 atom stereocenters. The molecular weight excluding hydrogens is 246 g/mol. The number of primary amides is 1. The fraction of sp³-hybridized carbons (Fsp3) is 0.615. The van der Waals surface area contributed by atoms with E-state index in [0.717, 1.165) is 11.4 Å². The minimum absolute atomic E-state index is 0.186. The summed E-state index contributed by atoms with van der Waals surface area (Å²) in [6, 6.07) is 0. The van der Waals surface area contributed by atoms with Crippen LogP contribution in [0.5, 0.6) is 0 Å². The number of carbonyl (C=O) groups excluding carboxylic acids is 2. The van der Waals surface area contributed by atoms with Crippen LogP contribution in [-0.2, 0) is 22.4 Å². The predicted molar refractivity (Wildman–Crippen MR) is 68.6 cm³/mol. The Morgan fingerprint density at radius 1 is 1.47 bits per heavy atom. The number of nitrogens with zero attached hydrogens (tertiary/aromatic N) is 2. The highest BCUT2D eigenvalue weighted by atomic mass is 16.6. The molecule has 1 aromatic heterocycles. The average Bonchev–Trinajstić information content (AvgIpc) is 2.68. The average molecular weight is 265 g/mol. The van der Waals surface area contributed by atoms with Crippen LogP contribution in [0, 0.1) is 5.92 Å². The summed E-state index contributed by atoms with van der Waals surface area (Å²) in [6.45, 7) is 5.45. The van der Waals surface area contributed by atoms with Gasteiger partial charge in [0.2, 0.25) is 5.91 Å². The quantitative estimate of drug-likeness (QED) is 0.828. The van der Waals surface area contributed by atoms with Crippen LogP contribution in [-0.4, -0.2) is 27.2 Å². The van der Waals surface area contributed by atoms with Gasteiger partial charge in [0.05, 0.1) is 11.4 Å². The van der Waals surface area contributed by atoms with Gasteiger partial charge in [0.1, 0.15) is 11.9 Å². The highest BCUT2D eigenvalue weighted by Gasteiger charge is 2.29. The maximum atomic E-state index is 12.0. The van der Waals surface area contributed by atoms with Crippen molar-refractivity contribution in [2.24, 2.45) is 11.7 Å². The lowest BCUT2D eigenvalue weighted by Gasteiger charge is -2.22. The number of rotatable bonds is 1. The van der Waals surface area contributed by atoms with Gasteiger partial charge in [-0.15, -0.1) is 0 Å². The van der Waals surface area contributed by atoms with Gasteiger partial charge in [-0.3, -0.25) is 4.79 Å². The van der Waals surface area contributed by atoms with Gasteiger partial charge in [0.25, 0.3) is 0 Å². The Morgan fingerprint density at radius 2 is 2.16 bits per heavy atom. The van der Waals surface area contributed by atoms with Crippen molar-refractivity contribution in [3.63, 3.8) is 0 Å². The molecule has 0 aliphatic heterocycles. The molecule has 0 saturated heterocycles. The summed E-state index contributed by atoms with van der Waals surface area (Å²) in [7, 11) is 0. The largest absolute Gasteiger partial charge is 0.443 e. The van der Waals surface area contributed by atoms with E-state index in [1.807, 2.05) is 20.8 Å². The highest BCUT2D eigenvalue weighted by Crippen LogP contribution is 2.25. The van der Waals surface area contributed by atoms with Crippen LogP contribution < -0.4 is 5.73 Å². The number of fused-ring (bicyclic) bond motifs is 1. The lowest BCUT2D eigenvalue weighted by molar-refractivity contribution is -0.122. The molecule has 1 aliphatic rings. The van der Waals surface area contributed by atoms with Crippen molar-refractivity contribution >= 4 is 12.0 Å².